The number of nitrogen functional groups attached to an aromatic ring is 1. The normalized spacial score (nSPS) is 10.4. The van der Waals surface area contributed by atoms with Crippen LogP contribution >= 0.6 is 0 Å². The van der Waals surface area contributed by atoms with Crippen molar-refractivity contribution in [3.63, 3.8) is 0 Å². The van der Waals surface area contributed by atoms with Crippen LogP contribution < -0.4 is 11.1 Å². The van der Waals surface area contributed by atoms with Crippen LogP contribution in [0.5, 0.6) is 0 Å². The van der Waals surface area contributed by atoms with E-state index in [1.54, 1.807) is 26.2 Å². The SMILES string of the molecule is Cc1ccnc(NCc2cnn(C)c2N)c1[N+](=O)[O-]. The second kappa shape index (κ2) is 4.92. The van der Waals surface area contributed by atoms with Gasteiger partial charge in [-0.3, -0.25) is 14.8 Å². The predicted molar refractivity (Wildman–Crippen MR) is 70.6 cm³/mol. The summed E-state index contributed by atoms with van der Waals surface area (Å²) in [5.74, 6) is 0.746. The average molecular weight is 262 g/mol. The fraction of sp³-hybridized carbons (Fsp3) is 0.273. The lowest BCUT2D eigenvalue weighted by Crippen LogP contribution is -2.07. The van der Waals surface area contributed by atoms with E-state index in [0.29, 0.717) is 17.9 Å². The molecule has 0 atom stereocenters. The summed E-state index contributed by atoms with van der Waals surface area (Å²) in [7, 11) is 1.73. The number of rotatable bonds is 4. The number of hydrogen-bond acceptors (Lipinski definition) is 6. The van der Waals surface area contributed by atoms with E-state index in [1.165, 1.54) is 10.9 Å². The molecule has 0 amide bonds. The van der Waals surface area contributed by atoms with Crippen LogP contribution in [0.4, 0.5) is 17.3 Å². The first kappa shape index (κ1) is 12.8. The molecule has 3 N–H and O–H groups in total. The zero-order chi connectivity index (χ0) is 14.0. The molecule has 0 aliphatic carbocycles. The van der Waals surface area contributed by atoms with E-state index in [4.69, 9.17) is 5.73 Å². The van der Waals surface area contributed by atoms with Crippen LogP contribution in [-0.2, 0) is 13.6 Å². The maximum Gasteiger partial charge on any atom is 0.314 e. The van der Waals surface area contributed by atoms with Gasteiger partial charge >= 0.3 is 5.69 Å². The van der Waals surface area contributed by atoms with Crippen LogP contribution in [0.3, 0.4) is 0 Å². The highest BCUT2D eigenvalue weighted by Crippen LogP contribution is 2.26. The van der Waals surface area contributed by atoms with Crippen LogP contribution in [0.1, 0.15) is 11.1 Å². The number of nitro groups is 1. The monoisotopic (exact) mass is 262 g/mol. The Bertz CT molecular complexity index is 622. The highest BCUT2D eigenvalue weighted by molar-refractivity contribution is 5.60. The molecule has 8 heteroatoms. The van der Waals surface area contributed by atoms with E-state index in [0.717, 1.165) is 5.56 Å². The molecule has 0 aromatic carbocycles. The van der Waals surface area contributed by atoms with Gasteiger partial charge in [0.1, 0.15) is 5.82 Å². The number of hydrogen-bond donors (Lipinski definition) is 2. The molecule has 0 aliphatic rings. The second-order valence-electron chi connectivity index (χ2n) is 4.11. The van der Waals surface area contributed by atoms with Crippen LogP contribution in [-0.4, -0.2) is 19.7 Å². The maximum atomic E-state index is 11.0. The van der Waals surface area contributed by atoms with Gasteiger partial charge in [-0.15, -0.1) is 0 Å². The lowest BCUT2D eigenvalue weighted by atomic mass is 10.2. The molecule has 100 valence electrons. The van der Waals surface area contributed by atoms with Gasteiger partial charge in [0.15, 0.2) is 0 Å². The van der Waals surface area contributed by atoms with Crippen molar-refractivity contribution in [2.75, 3.05) is 11.1 Å². The van der Waals surface area contributed by atoms with Crippen LogP contribution in [0.2, 0.25) is 0 Å². The molecule has 19 heavy (non-hydrogen) atoms. The molecule has 0 radical (unpaired) electrons. The molecule has 2 rings (SSSR count). The number of pyridine rings is 1. The summed E-state index contributed by atoms with van der Waals surface area (Å²) in [6.45, 7) is 2.00. The molecule has 8 nitrogen and oxygen atoms in total. The van der Waals surface area contributed by atoms with Crippen molar-refractivity contribution in [2.45, 2.75) is 13.5 Å². The van der Waals surface area contributed by atoms with Gasteiger partial charge in [-0.2, -0.15) is 5.10 Å². The Morgan fingerprint density at radius 3 is 2.89 bits per heavy atom. The van der Waals surface area contributed by atoms with E-state index < -0.39 is 4.92 Å². The smallest absolute Gasteiger partial charge is 0.314 e. The van der Waals surface area contributed by atoms with Crippen molar-refractivity contribution < 1.29 is 4.92 Å². The lowest BCUT2D eigenvalue weighted by molar-refractivity contribution is -0.384. The van der Waals surface area contributed by atoms with Gasteiger partial charge in [0.2, 0.25) is 5.82 Å². The molecule has 0 aliphatic heterocycles. The molecule has 0 saturated carbocycles. The average Bonchev–Trinajstić information content (AvgIpc) is 2.67. The number of anilines is 2. The predicted octanol–water partition coefficient (Wildman–Crippen LogP) is 1.23. The highest BCUT2D eigenvalue weighted by Gasteiger charge is 2.18. The molecule has 2 heterocycles. The van der Waals surface area contributed by atoms with Gasteiger partial charge in [-0.1, -0.05) is 0 Å². The van der Waals surface area contributed by atoms with Crippen LogP contribution in [0, 0.1) is 17.0 Å². The Labute approximate surface area is 109 Å². The largest absolute Gasteiger partial charge is 0.384 e. The van der Waals surface area contributed by atoms with Gasteiger partial charge in [0.05, 0.1) is 11.1 Å². The number of nitrogens with one attached hydrogen (secondary N) is 1. The third-order valence-electron chi connectivity index (χ3n) is 2.82. The zero-order valence-corrected chi connectivity index (χ0v) is 10.6. The Morgan fingerprint density at radius 1 is 1.58 bits per heavy atom. The molecular formula is C11H14N6O2. The molecule has 2 aromatic heterocycles. The quantitative estimate of drug-likeness (QED) is 0.633. The Hall–Kier alpha value is -2.64. The first-order valence-corrected chi connectivity index (χ1v) is 5.61. The van der Waals surface area contributed by atoms with Crippen molar-refractivity contribution in [2.24, 2.45) is 7.05 Å². The fourth-order valence-electron chi connectivity index (χ4n) is 1.72. The number of aryl methyl sites for hydroxylation is 2. The topological polar surface area (TPSA) is 112 Å². The van der Waals surface area contributed by atoms with E-state index in [9.17, 15) is 10.1 Å². The number of nitrogens with zero attached hydrogens (tertiary/aromatic N) is 4. The molecule has 2 aromatic rings. The molecule has 0 bridgehead atoms. The first-order valence-electron chi connectivity index (χ1n) is 5.61. The highest BCUT2D eigenvalue weighted by atomic mass is 16.6. The Morgan fingerprint density at radius 2 is 2.32 bits per heavy atom. The Kier molecular flexibility index (Phi) is 3.32. The molecule has 0 fully saturated rings. The van der Waals surface area contributed by atoms with Gasteiger partial charge in [-0.05, 0) is 13.0 Å². The lowest BCUT2D eigenvalue weighted by Gasteiger charge is -2.07. The van der Waals surface area contributed by atoms with Gasteiger partial charge < -0.3 is 11.1 Å². The summed E-state index contributed by atoms with van der Waals surface area (Å²) in [5.41, 5.74) is 7.10. The van der Waals surface area contributed by atoms with Crippen molar-refractivity contribution in [1.29, 1.82) is 0 Å². The Balaban J connectivity index is 2.23. The summed E-state index contributed by atoms with van der Waals surface area (Å²) in [6, 6.07) is 1.60. The van der Waals surface area contributed by atoms with Gasteiger partial charge in [-0.25, -0.2) is 4.98 Å². The fourth-order valence-corrected chi connectivity index (χ4v) is 1.72. The second-order valence-corrected chi connectivity index (χ2v) is 4.11. The van der Waals surface area contributed by atoms with E-state index in [1.807, 2.05) is 0 Å². The van der Waals surface area contributed by atoms with Crippen molar-refractivity contribution >= 4 is 17.3 Å². The third-order valence-corrected chi connectivity index (χ3v) is 2.82. The summed E-state index contributed by atoms with van der Waals surface area (Å²) < 4.78 is 1.54. The van der Waals surface area contributed by atoms with E-state index in [-0.39, 0.29) is 11.5 Å². The molecule has 0 saturated heterocycles. The molecular weight excluding hydrogens is 248 g/mol. The minimum atomic E-state index is -0.447. The van der Waals surface area contributed by atoms with Gasteiger partial charge in [0, 0.05) is 30.9 Å². The minimum Gasteiger partial charge on any atom is -0.384 e. The maximum absolute atomic E-state index is 11.0. The summed E-state index contributed by atoms with van der Waals surface area (Å²) in [5, 5.41) is 17.9. The number of aromatic nitrogens is 3. The third kappa shape index (κ3) is 2.46. The van der Waals surface area contributed by atoms with Crippen LogP contribution in [0.25, 0.3) is 0 Å². The van der Waals surface area contributed by atoms with Crippen molar-refractivity contribution in [3.05, 3.63) is 39.7 Å². The summed E-state index contributed by atoms with van der Waals surface area (Å²) >= 11 is 0. The summed E-state index contributed by atoms with van der Waals surface area (Å²) in [6.07, 6.45) is 3.14. The van der Waals surface area contributed by atoms with Crippen LogP contribution in [0.15, 0.2) is 18.5 Å². The number of nitrogens with two attached hydrogens (primary N) is 1. The standard InChI is InChI=1S/C11H14N6O2/c1-7-3-4-13-11(9(7)17(18)19)14-5-8-6-15-16(2)10(8)12/h3-4,6H,5,12H2,1-2H3,(H,13,14). The zero-order valence-electron chi connectivity index (χ0n) is 10.6. The van der Waals surface area contributed by atoms with E-state index >= 15 is 0 Å². The molecule has 0 spiro atoms. The minimum absolute atomic E-state index is 0.0232. The van der Waals surface area contributed by atoms with Crippen molar-refractivity contribution in [1.82, 2.24) is 14.8 Å². The first-order chi connectivity index (χ1) is 9.00. The molecule has 0 unspecified atom stereocenters. The summed E-state index contributed by atoms with van der Waals surface area (Å²) in [4.78, 5) is 14.6. The van der Waals surface area contributed by atoms with Gasteiger partial charge in [0.25, 0.3) is 0 Å². The van der Waals surface area contributed by atoms with E-state index in [2.05, 4.69) is 15.4 Å². The van der Waals surface area contributed by atoms with Crippen molar-refractivity contribution in [3.8, 4) is 0 Å².